The Morgan fingerprint density at radius 3 is 2.78 bits per heavy atom. The van der Waals surface area contributed by atoms with Crippen LogP contribution in [0.4, 0.5) is 0 Å². The van der Waals surface area contributed by atoms with Gasteiger partial charge in [0.25, 0.3) is 0 Å². The molecule has 2 heterocycles. The van der Waals surface area contributed by atoms with Crippen molar-refractivity contribution in [1.82, 2.24) is 15.1 Å². The molecule has 1 saturated heterocycles. The molecular weight excluding hydrogens is 336 g/mol. The van der Waals surface area contributed by atoms with Gasteiger partial charge in [-0.25, -0.2) is 4.68 Å². The molecule has 1 aliphatic rings. The Balaban J connectivity index is 1.50. The molecule has 5 nitrogen and oxygen atoms in total. The van der Waals surface area contributed by atoms with Crippen molar-refractivity contribution in [3.8, 4) is 5.69 Å². The Morgan fingerprint density at radius 1 is 1.26 bits per heavy atom. The van der Waals surface area contributed by atoms with E-state index in [1.165, 1.54) is 25.8 Å². The van der Waals surface area contributed by atoms with Crippen LogP contribution in [0.25, 0.3) is 5.69 Å². The average Bonchev–Trinajstić information content (AvgIpc) is 2.95. The summed E-state index contributed by atoms with van der Waals surface area (Å²) < 4.78 is 1.93. The highest BCUT2D eigenvalue weighted by Crippen LogP contribution is 2.18. The maximum atomic E-state index is 12.4. The second kappa shape index (κ2) is 9.18. The molecule has 0 radical (unpaired) electrons. The first-order chi connectivity index (χ1) is 13.1. The van der Waals surface area contributed by atoms with Crippen molar-refractivity contribution >= 4 is 5.91 Å². The molecule has 1 aromatic heterocycles. The number of piperidine rings is 1. The topological polar surface area (TPSA) is 51.4 Å². The molecule has 27 heavy (non-hydrogen) atoms. The van der Waals surface area contributed by atoms with E-state index >= 15 is 0 Å². The highest BCUT2D eigenvalue weighted by Gasteiger charge is 2.21. The van der Waals surface area contributed by atoms with E-state index in [1.54, 1.807) is 4.90 Å². The third-order valence-electron chi connectivity index (χ3n) is 5.86. The summed E-state index contributed by atoms with van der Waals surface area (Å²) in [6.07, 6.45) is 5.50. The largest absolute Gasteiger partial charge is 0.356 e. The summed E-state index contributed by atoms with van der Waals surface area (Å²) in [6.45, 7) is 9.58. The summed E-state index contributed by atoms with van der Waals surface area (Å²) in [6, 6.07) is 10.8. The summed E-state index contributed by atoms with van der Waals surface area (Å²) in [7, 11) is 0. The van der Waals surface area contributed by atoms with Crippen LogP contribution in [-0.2, 0) is 11.2 Å². The number of carbonyl (C=O) groups excluding carboxylic acids is 1. The molecule has 3 rings (SSSR count). The Labute approximate surface area is 162 Å². The van der Waals surface area contributed by atoms with Crippen LogP contribution in [0.2, 0.25) is 0 Å². The lowest BCUT2D eigenvalue weighted by Gasteiger charge is -2.30. The van der Waals surface area contributed by atoms with Crippen LogP contribution in [0, 0.1) is 13.8 Å². The molecule has 1 unspecified atom stereocenters. The van der Waals surface area contributed by atoms with Gasteiger partial charge in [0.15, 0.2) is 0 Å². The fraction of sp³-hybridized carbons (Fsp3) is 0.545. The zero-order valence-electron chi connectivity index (χ0n) is 16.9. The van der Waals surface area contributed by atoms with Crippen molar-refractivity contribution in [2.45, 2.75) is 58.9 Å². The lowest BCUT2D eigenvalue weighted by atomic mass is 10.0. The zero-order valence-corrected chi connectivity index (χ0v) is 16.9. The summed E-state index contributed by atoms with van der Waals surface area (Å²) in [5, 5.41) is 7.73. The van der Waals surface area contributed by atoms with Crippen molar-refractivity contribution in [1.29, 1.82) is 0 Å². The first-order valence-corrected chi connectivity index (χ1v) is 10.3. The summed E-state index contributed by atoms with van der Waals surface area (Å²) in [5.74, 6) is 0.0931. The number of hydrogen-bond acceptors (Lipinski definition) is 2. The molecule has 146 valence electrons. The number of quaternary nitrogens is 1. The Kier molecular flexibility index (Phi) is 6.67. The molecule has 0 bridgehead atoms. The van der Waals surface area contributed by atoms with Gasteiger partial charge < -0.3 is 10.2 Å². The monoisotopic (exact) mass is 369 g/mol. The van der Waals surface area contributed by atoms with Crippen molar-refractivity contribution < 1.29 is 9.69 Å². The van der Waals surface area contributed by atoms with E-state index in [4.69, 9.17) is 0 Å². The van der Waals surface area contributed by atoms with Gasteiger partial charge in [0, 0.05) is 24.2 Å². The molecule has 1 fully saturated rings. The van der Waals surface area contributed by atoms with Gasteiger partial charge in [0.2, 0.25) is 5.91 Å². The molecule has 2 aromatic rings. The van der Waals surface area contributed by atoms with Crippen LogP contribution in [0.3, 0.4) is 0 Å². The van der Waals surface area contributed by atoms with E-state index in [-0.39, 0.29) is 5.91 Å². The van der Waals surface area contributed by atoms with Gasteiger partial charge >= 0.3 is 0 Å². The number of benzene rings is 1. The molecule has 0 spiro atoms. The first-order valence-electron chi connectivity index (χ1n) is 10.3. The molecule has 1 aliphatic heterocycles. The SMILES string of the molecule is Cc1nn(-c2ccccc2)c(C)c1CC(=O)NCCC[NH+]1CCCC[C@@H]1C. The standard InChI is InChI=1S/C22H32N4O/c1-17-10-7-8-14-25(17)15-9-13-23-22(27)16-21-18(2)24-26(19(21)3)20-11-5-4-6-12-20/h4-6,11-12,17H,7-10,13-16H2,1-3H3,(H,23,27)/p+1/t17-/m0/s1. The van der Waals surface area contributed by atoms with Crippen molar-refractivity contribution in [3.05, 3.63) is 47.3 Å². The average molecular weight is 370 g/mol. The number of carbonyl (C=O) groups is 1. The van der Waals surface area contributed by atoms with Gasteiger partial charge in [-0.2, -0.15) is 5.10 Å². The van der Waals surface area contributed by atoms with Gasteiger partial charge in [0.1, 0.15) is 0 Å². The number of hydrogen-bond donors (Lipinski definition) is 2. The summed E-state index contributed by atoms with van der Waals surface area (Å²) in [5.41, 5.74) is 4.04. The van der Waals surface area contributed by atoms with E-state index < -0.39 is 0 Å². The van der Waals surface area contributed by atoms with Gasteiger partial charge in [-0.1, -0.05) is 18.2 Å². The maximum absolute atomic E-state index is 12.4. The number of nitrogens with zero attached hydrogens (tertiary/aromatic N) is 2. The van der Waals surface area contributed by atoms with Crippen LogP contribution in [0.1, 0.15) is 49.6 Å². The fourth-order valence-corrected chi connectivity index (χ4v) is 4.14. The van der Waals surface area contributed by atoms with E-state index in [1.807, 2.05) is 48.9 Å². The molecule has 2 N–H and O–H groups in total. The van der Waals surface area contributed by atoms with Crippen LogP contribution in [-0.4, -0.2) is 41.4 Å². The lowest BCUT2D eigenvalue weighted by Crippen LogP contribution is -3.16. The van der Waals surface area contributed by atoms with Crippen LogP contribution >= 0.6 is 0 Å². The predicted molar refractivity (Wildman–Crippen MR) is 108 cm³/mol. The Bertz CT molecular complexity index is 753. The second-order valence-electron chi connectivity index (χ2n) is 7.83. The minimum atomic E-state index is 0.0931. The van der Waals surface area contributed by atoms with E-state index in [0.717, 1.165) is 48.2 Å². The first kappa shape index (κ1) is 19.6. The van der Waals surface area contributed by atoms with Crippen LogP contribution < -0.4 is 10.2 Å². The van der Waals surface area contributed by atoms with Crippen molar-refractivity contribution in [2.24, 2.45) is 0 Å². The number of aryl methyl sites for hydroxylation is 1. The molecule has 2 atom stereocenters. The quantitative estimate of drug-likeness (QED) is 0.734. The highest BCUT2D eigenvalue weighted by molar-refractivity contribution is 5.79. The lowest BCUT2D eigenvalue weighted by molar-refractivity contribution is -0.928. The maximum Gasteiger partial charge on any atom is 0.224 e. The van der Waals surface area contributed by atoms with E-state index in [2.05, 4.69) is 17.3 Å². The van der Waals surface area contributed by atoms with E-state index in [0.29, 0.717) is 6.42 Å². The minimum absolute atomic E-state index is 0.0931. The van der Waals surface area contributed by atoms with E-state index in [9.17, 15) is 4.79 Å². The number of para-hydroxylation sites is 1. The summed E-state index contributed by atoms with van der Waals surface area (Å²) in [4.78, 5) is 14.1. The molecular formula is C22H33N4O+. The Hall–Kier alpha value is -2.14. The third kappa shape index (κ3) is 4.98. The number of nitrogens with one attached hydrogen (secondary N) is 2. The van der Waals surface area contributed by atoms with Gasteiger partial charge in [-0.3, -0.25) is 4.79 Å². The Morgan fingerprint density at radius 2 is 2.04 bits per heavy atom. The molecule has 0 aliphatic carbocycles. The second-order valence-corrected chi connectivity index (χ2v) is 7.83. The normalized spacial score (nSPS) is 19.8. The van der Waals surface area contributed by atoms with Gasteiger partial charge in [-0.15, -0.1) is 0 Å². The van der Waals surface area contributed by atoms with Crippen molar-refractivity contribution in [3.63, 3.8) is 0 Å². The fourth-order valence-electron chi connectivity index (χ4n) is 4.14. The highest BCUT2D eigenvalue weighted by atomic mass is 16.1. The summed E-state index contributed by atoms with van der Waals surface area (Å²) >= 11 is 0. The van der Waals surface area contributed by atoms with Crippen LogP contribution in [0.15, 0.2) is 30.3 Å². The molecule has 1 amide bonds. The molecule has 5 heteroatoms. The van der Waals surface area contributed by atoms with Crippen molar-refractivity contribution in [2.75, 3.05) is 19.6 Å². The number of amides is 1. The third-order valence-corrected chi connectivity index (χ3v) is 5.86. The molecule has 0 saturated carbocycles. The van der Waals surface area contributed by atoms with Gasteiger partial charge in [0.05, 0.1) is 36.9 Å². The van der Waals surface area contributed by atoms with Gasteiger partial charge in [-0.05, 0) is 52.2 Å². The smallest absolute Gasteiger partial charge is 0.224 e. The van der Waals surface area contributed by atoms with Crippen LogP contribution in [0.5, 0.6) is 0 Å². The minimum Gasteiger partial charge on any atom is -0.356 e. The zero-order chi connectivity index (χ0) is 19.2. The number of aromatic nitrogens is 2. The number of rotatable bonds is 7. The predicted octanol–water partition coefficient (Wildman–Crippen LogP) is 2.00. The number of likely N-dealkylation sites (tertiary alicyclic amines) is 1. The molecule has 1 aromatic carbocycles.